The maximum Gasteiger partial charge on any atom is 0.255 e. The molecule has 0 spiro atoms. The first-order valence-corrected chi connectivity index (χ1v) is 8.31. The first-order chi connectivity index (χ1) is 11.9. The molecule has 6 heteroatoms. The fourth-order valence-electron chi connectivity index (χ4n) is 2.25. The molecule has 25 heavy (non-hydrogen) atoms. The van der Waals surface area contributed by atoms with Crippen molar-refractivity contribution < 1.29 is 14.3 Å². The number of benzene rings is 2. The van der Waals surface area contributed by atoms with E-state index in [9.17, 15) is 9.59 Å². The zero-order valence-corrected chi connectivity index (χ0v) is 15.2. The van der Waals surface area contributed by atoms with Gasteiger partial charge in [-0.05, 0) is 42.3 Å². The molecular formula is C19H21ClN2O3. The van der Waals surface area contributed by atoms with Gasteiger partial charge >= 0.3 is 0 Å². The number of hydrogen-bond acceptors (Lipinski definition) is 3. The number of ether oxygens (including phenoxy) is 1. The molecular weight excluding hydrogens is 340 g/mol. The van der Waals surface area contributed by atoms with Crippen molar-refractivity contribution >= 4 is 34.8 Å². The average molecular weight is 361 g/mol. The number of amides is 2. The lowest BCUT2D eigenvalue weighted by molar-refractivity contribution is -0.116. The van der Waals surface area contributed by atoms with Crippen LogP contribution in [0.2, 0.25) is 5.02 Å². The zero-order valence-electron chi connectivity index (χ0n) is 14.4. The van der Waals surface area contributed by atoms with Gasteiger partial charge < -0.3 is 15.4 Å². The highest BCUT2D eigenvalue weighted by molar-refractivity contribution is 6.30. The summed E-state index contributed by atoms with van der Waals surface area (Å²) in [5.41, 5.74) is 1.63. The minimum absolute atomic E-state index is 0.0775. The third kappa shape index (κ3) is 5.50. The summed E-state index contributed by atoms with van der Waals surface area (Å²) in [5.74, 6) is 0.413. The minimum Gasteiger partial charge on any atom is -0.494 e. The van der Waals surface area contributed by atoms with Crippen LogP contribution in [0.1, 0.15) is 30.6 Å². The van der Waals surface area contributed by atoms with Crippen LogP contribution in [-0.4, -0.2) is 18.9 Å². The Morgan fingerprint density at radius 3 is 2.36 bits per heavy atom. The molecule has 0 aliphatic rings. The summed E-state index contributed by atoms with van der Waals surface area (Å²) in [6, 6.07) is 11.7. The number of halogens is 1. The lowest BCUT2D eigenvalue weighted by Gasteiger charge is -2.13. The molecule has 0 atom stereocenters. The van der Waals surface area contributed by atoms with Crippen LogP contribution in [0.3, 0.4) is 0 Å². The van der Waals surface area contributed by atoms with Crippen LogP contribution in [0.4, 0.5) is 11.4 Å². The number of hydrogen-bond donors (Lipinski definition) is 2. The molecule has 0 unspecified atom stereocenters. The van der Waals surface area contributed by atoms with E-state index in [0.717, 1.165) is 0 Å². The molecule has 0 radical (unpaired) electrons. The van der Waals surface area contributed by atoms with Gasteiger partial charge in [0, 0.05) is 28.8 Å². The van der Waals surface area contributed by atoms with Gasteiger partial charge in [0.1, 0.15) is 5.75 Å². The molecule has 0 aliphatic carbocycles. The van der Waals surface area contributed by atoms with Crippen molar-refractivity contribution in [1.29, 1.82) is 0 Å². The van der Waals surface area contributed by atoms with Crippen molar-refractivity contribution in [2.75, 3.05) is 17.7 Å². The molecule has 2 N–H and O–H groups in total. The van der Waals surface area contributed by atoms with Crippen molar-refractivity contribution in [3.05, 3.63) is 53.1 Å². The molecule has 0 fully saturated rings. The quantitative estimate of drug-likeness (QED) is 0.791. The van der Waals surface area contributed by atoms with Crippen LogP contribution >= 0.6 is 11.6 Å². The summed E-state index contributed by atoms with van der Waals surface area (Å²) < 4.78 is 5.31. The highest BCUT2D eigenvalue weighted by atomic mass is 35.5. The Morgan fingerprint density at radius 1 is 1.08 bits per heavy atom. The Hall–Kier alpha value is -2.53. The molecule has 2 rings (SSSR count). The fourth-order valence-corrected chi connectivity index (χ4v) is 2.37. The normalized spacial score (nSPS) is 10.4. The smallest absolute Gasteiger partial charge is 0.255 e. The minimum atomic E-state index is -0.254. The number of carbonyl (C=O) groups excluding carboxylic acids is 2. The number of nitrogens with one attached hydrogen (secondary N) is 2. The summed E-state index contributed by atoms with van der Waals surface area (Å²) in [7, 11) is 1.51. The molecule has 5 nitrogen and oxygen atoms in total. The molecule has 132 valence electrons. The van der Waals surface area contributed by atoms with Crippen LogP contribution < -0.4 is 15.4 Å². The first kappa shape index (κ1) is 18.8. The van der Waals surface area contributed by atoms with E-state index in [-0.39, 0.29) is 17.7 Å². The Bertz CT molecular complexity index is 758. The molecule has 2 aromatic carbocycles. The molecule has 0 heterocycles. The maximum absolute atomic E-state index is 12.2. The van der Waals surface area contributed by atoms with Gasteiger partial charge in [0.05, 0.1) is 12.8 Å². The van der Waals surface area contributed by atoms with Crippen molar-refractivity contribution in [1.82, 2.24) is 0 Å². The lowest BCUT2D eigenvalue weighted by atomic mass is 10.1. The van der Waals surface area contributed by atoms with Crippen LogP contribution in [-0.2, 0) is 4.79 Å². The van der Waals surface area contributed by atoms with Crippen molar-refractivity contribution in [3.8, 4) is 5.75 Å². The van der Waals surface area contributed by atoms with E-state index in [1.807, 2.05) is 13.8 Å². The monoisotopic (exact) mass is 360 g/mol. The van der Waals surface area contributed by atoms with E-state index >= 15 is 0 Å². The van der Waals surface area contributed by atoms with Crippen LogP contribution in [0, 0.1) is 5.92 Å². The number of rotatable bonds is 6. The Morgan fingerprint density at radius 2 is 1.76 bits per heavy atom. The van der Waals surface area contributed by atoms with Crippen molar-refractivity contribution in [2.45, 2.75) is 20.3 Å². The highest BCUT2D eigenvalue weighted by Crippen LogP contribution is 2.28. The number of carbonyl (C=O) groups is 2. The lowest BCUT2D eigenvalue weighted by Crippen LogP contribution is -2.15. The molecule has 0 aromatic heterocycles. The van der Waals surface area contributed by atoms with Gasteiger partial charge in [-0.25, -0.2) is 0 Å². The second-order valence-electron chi connectivity index (χ2n) is 6.02. The fraction of sp³-hybridized carbons (Fsp3) is 0.263. The predicted octanol–water partition coefficient (Wildman–Crippen LogP) is 4.59. The Labute approximate surface area is 152 Å². The highest BCUT2D eigenvalue weighted by Gasteiger charge is 2.12. The van der Waals surface area contributed by atoms with Gasteiger partial charge in [0.15, 0.2) is 0 Å². The summed E-state index contributed by atoms with van der Waals surface area (Å²) in [5, 5.41) is 6.18. The summed E-state index contributed by atoms with van der Waals surface area (Å²) in [4.78, 5) is 24.2. The Balaban J connectivity index is 2.11. The molecule has 0 saturated heterocycles. The Kier molecular flexibility index (Phi) is 6.42. The molecule has 2 amide bonds. The standard InChI is InChI=1S/C19H21ClN2O3/c1-12(2)10-18(23)22-16-9-8-15(11-17(16)25-3)21-19(24)13-4-6-14(20)7-5-13/h4-9,11-12H,10H2,1-3H3,(H,21,24)(H,22,23). The third-order valence-corrected chi connectivity index (χ3v) is 3.69. The largest absolute Gasteiger partial charge is 0.494 e. The van der Waals surface area contributed by atoms with E-state index in [0.29, 0.717) is 34.1 Å². The van der Waals surface area contributed by atoms with Crippen LogP contribution in [0.5, 0.6) is 5.75 Å². The topological polar surface area (TPSA) is 67.4 Å². The predicted molar refractivity (Wildman–Crippen MR) is 100 cm³/mol. The van der Waals surface area contributed by atoms with E-state index in [1.165, 1.54) is 7.11 Å². The number of methoxy groups -OCH3 is 1. The second kappa shape index (κ2) is 8.53. The summed E-state index contributed by atoms with van der Waals surface area (Å²) >= 11 is 5.82. The third-order valence-electron chi connectivity index (χ3n) is 3.43. The maximum atomic E-state index is 12.2. The summed E-state index contributed by atoms with van der Waals surface area (Å²) in [6.45, 7) is 3.96. The summed E-state index contributed by atoms with van der Waals surface area (Å²) in [6.07, 6.45) is 0.429. The molecule has 0 bridgehead atoms. The van der Waals surface area contributed by atoms with Gasteiger partial charge in [-0.15, -0.1) is 0 Å². The van der Waals surface area contributed by atoms with E-state index < -0.39 is 0 Å². The van der Waals surface area contributed by atoms with Gasteiger partial charge in [-0.2, -0.15) is 0 Å². The second-order valence-corrected chi connectivity index (χ2v) is 6.46. The van der Waals surface area contributed by atoms with E-state index in [2.05, 4.69) is 10.6 Å². The van der Waals surface area contributed by atoms with Gasteiger partial charge in [-0.1, -0.05) is 25.4 Å². The van der Waals surface area contributed by atoms with Gasteiger partial charge in [-0.3, -0.25) is 9.59 Å². The first-order valence-electron chi connectivity index (χ1n) is 7.94. The molecule has 0 saturated carbocycles. The van der Waals surface area contributed by atoms with Crippen molar-refractivity contribution in [2.24, 2.45) is 5.92 Å². The van der Waals surface area contributed by atoms with E-state index in [1.54, 1.807) is 42.5 Å². The zero-order chi connectivity index (χ0) is 18.4. The van der Waals surface area contributed by atoms with Crippen molar-refractivity contribution in [3.63, 3.8) is 0 Å². The van der Waals surface area contributed by atoms with Gasteiger partial charge in [0.25, 0.3) is 5.91 Å². The SMILES string of the molecule is COc1cc(NC(=O)c2ccc(Cl)cc2)ccc1NC(=O)CC(C)C. The molecule has 0 aliphatic heterocycles. The average Bonchev–Trinajstić information content (AvgIpc) is 2.56. The number of anilines is 2. The molecule has 2 aromatic rings. The van der Waals surface area contributed by atoms with Crippen LogP contribution in [0.15, 0.2) is 42.5 Å². The van der Waals surface area contributed by atoms with E-state index in [4.69, 9.17) is 16.3 Å². The van der Waals surface area contributed by atoms with Gasteiger partial charge in [0.2, 0.25) is 5.91 Å². The van der Waals surface area contributed by atoms with Crippen LogP contribution in [0.25, 0.3) is 0 Å².